The topological polar surface area (TPSA) is 68.7 Å². The molecule has 2 aromatic rings. The number of benzene rings is 1. The molecule has 16 heavy (non-hydrogen) atoms. The number of nitrogens with one attached hydrogen (secondary N) is 2. The number of amides is 1. The van der Waals surface area contributed by atoms with Gasteiger partial charge in [-0.3, -0.25) is 4.79 Å². The number of aromatic amines is 1. The van der Waals surface area contributed by atoms with E-state index in [0.717, 1.165) is 16.5 Å². The van der Waals surface area contributed by atoms with Crippen molar-refractivity contribution in [2.75, 3.05) is 5.32 Å². The molecule has 0 bridgehead atoms. The van der Waals surface area contributed by atoms with E-state index < -0.39 is 0 Å². The van der Waals surface area contributed by atoms with Crippen molar-refractivity contribution >= 4 is 22.5 Å². The second kappa shape index (κ2) is 4.07. The Morgan fingerprint density at radius 2 is 2.38 bits per heavy atom. The van der Waals surface area contributed by atoms with Gasteiger partial charge in [-0.05, 0) is 18.6 Å². The van der Waals surface area contributed by atoms with E-state index >= 15 is 0 Å². The average molecular weight is 213 g/mol. The standard InChI is InChI=1S/C12H11N3O/c1-8-7-14-12-9(8)3-2-4-10(12)15-11(16)5-6-13/h2-4,7,14H,5H2,1H3,(H,15,16). The number of carbonyl (C=O) groups is 1. The summed E-state index contributed by atoms with van der Waals surface area (Å²) in [6.45, 7) is 2.00. The molecule has 80 valence electrons. The van der Waals surface area contributed by atoms with Crippen LogP contribution in [-0.2, 0) is 4.79 Å². The Kier molecular flexibility index (Phi) is 2.61. The summed E-state index contributed by atoms with van der Waals surface area (Å²) in [5.74, 6) is -0.290. The Morgan fingerprint density at radius 1 is 1.56 bits per heavy atom. The first-order chi connectivity index (χ1) is 7.72. The number of nitriles is 1. The number of nitrogens with zero attached hydrogens (tertiary/aromatic N) is 1. The molecule has 0 saturated heterocycles. The van der Waals surface area contributed by atoms with Gasteiger partial charge in [-0.15, -0.1) is 0 Å². The first kappa shape index (κ1) is 10.2. The first-order valence-electron chi connectivity index (χ1n) is 4.96. The van der Waals surface area contributed by atoms with Crippen LogP contribution in [0.25, 0.3) is 10.9 Å². The van der Waals surface area contributed by atoms with Crippen LogP contribution in [0, 0.1) is 18.3 Å². The monoisotopic (exact) mass is 213 g/mol. The molecule has 0 unspecified atom stereocenters. The van der Waals surface area contributed by atoms with E-state index in [1.807, 2.05) is 37.4 Å². The van der Waals surface area contributed by atoms with Gasteiger partial charge in [-0.1, -0.05) is 12.1 Å². The number of rotatable bonds is 2. The van der Waals surface area contributed by atoms with Crippen LogP contribution in [0.2, 0.25) is 0 Å². The number of aryl methyl sites for hydroxylation is 1. The zero-order valence-electron chi connectivity index (χ0n) is 8.87. The number of fused-ring (bicyclic) bond motifs is 1. The van der Waals surface area contributed by atoms with E-state index in [-0.39, 0.29) is 12.3 Å². The molecule has 0 atom stereocenters. The predicted octanol–water partition coefficient (Wildman–Crippen LogP) is 2.33. The molecule has 0 saturated carbocycles. The van der Waals surface area contributed by atoms with Crippen LogP contribution >= 0.6 is 0 Å². The smallest absolute Gasteiger partial charge is 0.238 e. The van der Waals surface area contributed by atoms with Gasteiger partial charge in [0.1, 0.15) is 6.42 Å². The summed E-state index contributed by atoms with van der Waals surface area (Å²) in [5.41, 5.74) is 2.74. The Hall–Kier alpha value is -2.28. The van der Waals surface area contributed by atoms with Gasteiger partial charge in [-0.2, -0.15) is 5.26 Å². The zero-order valence-corrected chi connectivity index (χ0v) is 8.87. The lowest BCUT2D eigenvalue weighted by molar-refractivity contribution is -0.115. The summed E-state index contributed by atoms with van der Waals surface area (Å²) in [6.07, 6.45) is 1.76. The van der Waals surface area contributed by atoms with E-state index in [1.54, 1.807) is 0 Å². The number of H-pyrrole nitrogens is 1. The molecule has 0 aliphatic rings. The number of carbonyl (C=O) groups excluding carboxylic acids is 1. The van der Waals surface area contributed by atoms with Gasteiger partial charge < -0.3 is 10.3 Å². The Labute approximate surface area is 92.9 Å². The van der Waals surface area contributed by atoms with Crippen molar-refractivity contribution < 1.29 is 4.79 Å². The van der Waals surface area contributed by atoms with Gasteiger partial charge in [0, 0.05) is 11.6 Å². The van der Waals surface area contributed by atoms with Crippen molar-refractivity contribution in [1.29, 1.82) is 5.26 Å². The maximum atomic E-state index is 11.3. The van der Waals surface area contributed by atoms with Crippen LogP contribution in [0.4, 0.5) is 5.69 Å². The third-order valence-electron chi connectivity index (χ3n) is 2.44. The lowest BCUT2D eigenvalue weighted by Crippen LogP contribution is -2.10. The molecule has 0 spiro atoms. The molecule has 1 heterocycles. The van der Waals surface area contributed by atoms with Gasteiger partial charge in [0.05, 0.1) is 17.3 Å². The second-order valence-electron chi connectivity index (χ2n) is 3.58. The van der Waals surface area contributed by atoms with Crippen LogP contribution < -0.4 is 5.32 Å². The fraction of sp³-hybridized carbons (Fsp3) is 0.167. The SMILES string of the molecule is Cc1c[nH]c2c(NC(=O)CC#N)cccc12. The van der Waals surface area contributed by atoms with E-state index in [0.29, 0.717) is 5.69 Å². The molecular weight excluding hydrogens is 202 g/mol. The summed E-state index contributed by atoms with van der Waals surface area (Å²) in [6, 6.07) is 7.50. The highest BCUT2D eigenvalue weighted by Crippen LogP contribution is 2.24. The highest BCUT2D eigenvalue weighted by Gasteiger charge is 2.07. The van der Waals surface area contributed by atoms with Crippen molar-refractivity contribution in [2.45, 2.75) is 13.3 Å². The van der Waals surface area contributed by atoms with E-state index in [9.17, 15) is 4.79 Å². The highest BCUT2D eigenvalue weighted by molar-refractivity contribution is 6.01. The summed E-state index contributed by atoms with van der Waals surface area (Å²) < 4.78 is 0. The van der Waals surface area contributed by atoms with E-state index in [4.69, 9.17) is 5.26 Å². The zero-order chi connectivity index (χ0) is 11.5. The fourth-order valence-electron chi connectivity index (χ4n) is 1.66. The summed E-state index contributed by atoms with van der Waals surface area (Å²) in [7, 11) is 0. The van der Waals surface area contributed by atoms with Crippen molar-refractivity contribution in [1.82, 2.24) is 4.98 Å². The number of para-hydroxylation sites is 1. The first-order valence-corrected chi connectivity index (χ1v) is 4.96. The van der Waals surface area contributed by atoms with Crippen molar-refractivity contribution in [3.63, 3.8) is 0 Å². The second-order valence-corrected chi connectivity index (χ2v) is 3.58. The molecule has 2 N–H and O–H groups in total. The lowest BCUT2D eigenvalue weighted by atomic mass is 10.1. The molecule has 1 aromatic heterocycles. The molecular formula is C12H11N3O. The lowest BCUT2D eigenvalue weighted by Gasteiger charge is -2.04. The number of anilines is 1. The van der Waals surface area contributed by atoms with Gasteiger partial charge >= 0.3 is 0 Å². The summed E-state index contributed by atoms with van der Waals surface area (Å²) in [5, 5.41) is 12.2. The van der Waals surface area contributed by atoms with Crippen molar-refractivity contribution in [3.8, 4) is 6.07 Å². The number of hydrogen-bond acceptors (Lipinski definition) is 2. The summed E-state index contributed by atoms with van der Waals surface area (Å²) >= 11 is 0. The Balaban J connectivity index is 2.38. The quantitative estimate of drug-likeness (QED) is 0.803. The highest BCUT2D eigenvalue weighted by atomic mass is 16.1. The van der Waals surface area contributed by atoms with Gasteiger partial charge in [0.2, 0.25) is 5.91 Å². The Bertz CT molecular complexity index is 577. The van der Waals surface area contributed by atoms with Crippen LogP contribution in [-0.4, -0.2) is 10.9 Å². The molecule has 2 rings (SSSR count). The van der Waals surface area contributed by atoms with E-state index in [1.165, 1.54) is 0 Å². The average Bonchev–Trinajstić information content (AvgIpc) is 2.62. The molecule has 1 aromatic carbocycles. The van der Waals surface area contributed by atoms with Crippen LogP contribution in [0.1, 0.15) is 12.0 Å². The third-order valence-corrected chi connectivity index (χ3v) is 2.44. The predicted molar refractivity (Wildman–Crippen MR) is 61.9 cm³/mol. The normalized spacial score (nSPS) is 10.0. The fourth-order valence-corrected chi connectivity index (χ4v) is 1.66. The van der Waals surface area contributed by atoms with Crippen molar-refractivity contribution in [3.05, 3.63) is 30.0 Å². The van der Waals surface area contributed by atoms with E-state index in [2.05, 4.69) is 10.3 Å². The number of hydrogen-bond donors (Lipinski definition) is 2. The van der Waals surface area contributed by atoms with Gasteiger partial charge in [-0.25, -0.2) is 0 Å². The maximum Gasteiger partial charge on any atom is 0.238 e. The van der Waals surface area contributed by atoms with Gasteiger partial charge in [0.15, 0.2) is 0 Å². The molecule has 0 aliphatic carbocycles. The minimum Gasteiger partial charge on any atom is -0.359 e. The Morgan fingerprint density at radius 3 is 3.12 bits per heavy atom. The minimum atomic E-state index is -0.290. The maximum absolute atomic E-state index is 11.3. The number of aromatic nitrogens is 1. The molecule has 0 radical (unpaired) electrons. The molecule has 4 heteroatoms. The molecule has 1 amide bonds. The molecule has 4 nitrogen and oxygen atoms in total. The minimum absolute atomic E-state index is 0.129. The van der Waals surface area contributed by atoms with Crippen LogP contribution in [0.5, 0.6) is 0 Å². The van der Waals surface area contributed by atoms with Crippen molar-refractivity contribution in [2.24, 2.45) is 0 Å². The van der Waals surface area contributed by atoms with Gasteiger partial charge in [0.25, 0.3) is 0 Å². The van der Waals surface area contributed by atoms with Crippen LogP contribution in [0.3, 0.4) is 0 Å². The largest absolute Gasteiger partial charge is 0.359 e. The molecule has 0 fully saturated rings. The third kappa shape index (κ3) is 1.75. The summed E-state index contributed by atoms with van der Waals surface area (Å²) in [4.78, 5) is 14.4. The van der Waals surface area contributed by atoms with Crippen LogP contribution in [0.15, 0.2) is 24.4 Å². The molecule has 0 aliphatic heterocycles.